The summed E-state index contributed by atoms with van der Waals surface area (Å²) in [5.74, 6) is 4.18. The highest BCUT2D eigenvalue weighted by molar-refractivity contribution is 9.10. The molecule has 0 amide bonds. The number of hydrogen-bond acceptors (Lipinski definition) is 1. The van der Waals surface area contributed by atoms with Gasteiger partial charge in [-0.2, -0.15) is 0 Å². The van der Waals surface area contributed by atoms with Gasteiger partial charge < -0.3 is 5.11 Å². The van der Waals surface area contributed by atoms with Crippen molar-refractivity contribution in [2.75, 3.05) is 0 Å². The molecule has 3 aliphatic carbocycles. The van der Waals surface area contributed by atoms with Gasteiger partial charge in [-0.15, -0.1) is 13.2 Å². The molecule has 3 fully saturated rings. The Morgan fingerprint density at radius 2 is 0.794 bits per heavy atom. The van der Waals surface area contributed by atoms with Crippen LogP contribution in [0.3, 0.4) is 0 Å². The second-order valence-corrected chi connectivity index (χ2v) is 30.4. The van der Waals surface area contributed by atoms with Gasteiger partial charge in [-0.05, 0) is 143 Å². The van der Waals surface area contributed by atoms with Crippen LogP contribution in [0.5, 0.6) is 0 Å². The fourth-order valence-electron chi connectivity index (χ4n) is 5.14. The number of halogens is 2. The van der Waals surface area contributed by atoms with E-state index in [2.05, 4.69) is 263 Å². The van der Waals surface area contributed by atoms with Crippen LogP contribution in [0.1, 0.15) is 306 Å². The number of rotatable bonds is 8. The molecule has 6 aromatic carbocycles. The first-order chi connectivity index (χ1) is 45.5. The lowest BCUT2D eigenvalue weighted by molar-refractivity contribution is 0.0696. The summed E-state index contributed by atoms with van der Waals surface area (Å²) in [6.45, 7) is 67.9. The monoisotopic (exact) mass is 1420 g/mol. The van der Waals surface area contributed by atoms with Crippen LogP contribution in [-0.2, 0) is 6.42 Å². The molecule has 1 N–H and O–H groups in total. The van der Waals surface area contributed by atoms with Gasteiger partial charge in [0.2, 0.25) is 0 Å². The van der Waals surface area contributed by atoms with E-state index in [4.69, 9.17) is 16.7 Å². The van der Waals surface area contributed by atoms with Crippen LogP contribution in [-0.4, -0.2) is 11.1 Å². The summed E-state index contributed by atoms with van der Waals surface area (Å²) in [6.07, 6.45) is 25.0. The van der Waals surface area contributed by atoms with Gasteiger partial charge in [0.05, 0.1) is 5.56 Å². The molecule has 97 heavy (non-hydrogen) atoms. The van der Waals surface area contributed by atoms with Gasteiger partial charge in [-0.25, -0.2) is 4.79 Å². The van der Waals surface area contributed by atoms with Gasteiger partial charge in [-0.3, -0.25) is 0 Å². The van der Waals surface area contributed by atoms with Crippen LogP contribution in [0.2, 0.25) is 5.02 Å². The third-order valence-electron chi connectivity index (χ3n) is 14.7. The number of unbranched alkanes of at least 4 members (excludes halogenated alkanes) is 1. The summed E-state index contributed by atoms with van der Waals surface area (Å²) >= 11 is 8.96. The molecule has 0 atom stereocenters. The molecule has 0 radical (unpaired) electrons. The molecule has 0 aliphatic heterocycles. The molecule has 6 aromatic rings. The lowest BCUT2D eigenvalue weighted by Gasteiger charge is -2.22. The van der Waals surface area contributed by atoms with Crippen molar-refractivity contribution in [1.82, 2.24) is 0 Å². The lowest BCUT2D eigenvalue weighted by atomic mass is 9.84. The zero-order chi connectivity index (χ0) is 76.1. The minimum atomic E-state index is -0.875. The second kappa shape index (κ2) is 73.7. The van der Waals surface area contributed by atoms with Gasteiger partial charge >= 0.3 is 5.97 Å². The van der Waals surface area contributed by atoms with E-state index in [1.165, 1.54) is 123 Å². The third-order valence-corrected chi connectivity index (χ3v) is 15.5. The quantitative estimate of drug-likeness (QED) is 0.154. The minimum Gasteiger partial charge on any atom is -0.478 e. The third kappa shape index (κ3) is 105. The first-order valence-electron chi connectivity index (χ1n) is 37.5. The fraction of sp³-hybridized carbons (Fsp3) is 0.559. The van der Waals surface area contributed by atoms with Crippen LogP contribution in [0.15, 0.2) is 193 Å². The number of carbonyl (C=O) groups is 1. The number of aromatic carboxylic acids is 1. The normalized spacial score (nSPS) is 11.5. The van der Waals surface area contributed by atoms with Crippen molar-refractivity contribution in [1.29, 1.82) is 0 Å². The van der Waals surface area contributed by atoms with Crippen LogP contribution in [0, 0.1) is 75.0 Å². The van der Waals surface area contributed by atoms with Crippen LogP contribution in [0.4, 0.5) is 0 Å². The highest BCUT2D eigenvalue weighted by Gasteiger charge is 2.17. The summed E-state index contributed by atoms with van der Waals surface area (Å²) in [6, 6.07) is 53.7. The molecule has 554 valence electrons. The first-order valence-corrected chi connectivity index (χ1v) is 38.7. The Bertz CT molecular complexity index is 2360. The van der Waals surface area contributed by atoms with Gasteiger partial charge in [0, 0.05) is 9.50 Å². The number of hydrogen-bond donors (Lipinski definition) is 1. The average Bonchev–Trinajstić information content (AvgIpc) is 2.65. The maximum absolute atomic E-state index is 10.3. The number of aryl methyl sites for hydroxylation is 6. The van der Waals surface area contributed by atoms with E-state index in [9.17, 15) is 4.79 Å². The number of carboxylic acids is 1. The Labute approximate surface area is 619 Å². The summed E-state index contributed by atoms with van der Waals surface area (Å²) in [5.41, 5.74) is 10.3. The summed E-state index contributed by atoms with van der Waals surface area (Å²) in [4.78, 5) is 10.3. The Morgan fingerprint density at radius 3 is 0.918 bits per heavy atom. The predicted octanol–water partition coefficient (Wildman–Crippen LogP) is 32.7. The molecular weight excluding hydrogens is 1260 g/mol. The van der Waals surface area contributed by atoms with Crippen molar-refractivity contribution in [3.63, 3.8) is 0 Å². The molecule has 0 unspecified atom stereocenters. The summed E-state index contributed by atoms with van der Waals surface area (Å²) < 4.78 is 1.14. The molecule has 0 bridgehead atoms. The second-order valence-electron chi connectivity index (χ2n) is 29.0. The van der Waals surface area contributed by atoms with E-state index in [-0.39, 0.29) is 0 Å². The molecule has 3 saturated carbocycles. The Hall–Kier alpha value is -4.96. The van der Waals surface area contributed by atoms with Crippen molar-refractivity contribution >= 4 is 33.5 Å². The Kier molecular flexibility index (Phi) is 80.2. The number of benzene rings is 6. The first kappa shape index (κ1) is 105. The number of allylic oxidation sites excluding steroid dienone is 2. The van der Waals surface area contributed by atoms with E-state index in [1.807, 2.05) is 106 Å². The van der Waals surface area contributed by atoms with Crippen molar-refractivity contribution < 1.29 is 9.90 Å². The molecule has 3 aliphatic rings. The SMILES string of the molecule is C=C(C)CC.C=CCC.CC(C)C.CC1CC1.CCC(C)(C)C.CCC(C)(C)C.CCC(C)C.CCC1CC1.CCC1CCC1.CCCC.CCc1ccccc1.Cc1ccc(Br)cc1.Cc1ccc(C(=O)O)cc1.Cc1ccc(Cl)cc1.Cc1ccccc1.Cc1ccccc1. The highest BCUT2D eigenvalue weighted by Crippen LogP contribution is 2.31. The van der Waals surface area contributed by atoms with Gasteiger partial charge in [0.1, 0.15) is 0 Å². The summed E-state index contributed by atoms with van der Waals surface area (Å²) in [5, 5.41) is 9.28. The van der Waals surface area contributed by atoms with E-state index in [0.717, 1.165) is 63.9 Å². The minimum absolute atomic E-state index is 0.339. The van der Waals surface area contributed by atoms with Crippen molar-refractivity contribution in [3.05, 3.63) is 237 Å². The molecular formula is C93H156BrClO2. The standard InChI is InChI=1S/C8H8O2.C8H10.C7H7Br.C7H7Cl.2C7H8.C6H12.2C6H14.C5H10.C5H12.C5H10.C4H8.2C4H10.C4H8/c1-6-2-4-7(5-3-6)8(9)10;1-2-8-6-4-3-5-7-8;2*1-6-2-4-7(8)5-3-6;2*1-7-5-3-2-4-6-7;1-2-6-4-3-5-6;2*1-5-6(2,3)4;1-2-5-3-4-5;2*1-4-5(2)3;1-4-2-3-4;1-4(2)3;2*1-3-4-2/h2-5H,1H3,(H,9,10);3-7H,2H2,1H3;2*2-5H,1H3;2*2-6H,1H3;6H,2-5H2,1H3;2*5H2,1-4H3;5H,2-4H2,1H3;5H,4H2,1-3H3;2,4H2,1,3H3;4H,2-3H2,1H3;4H,1-3H3;3-4H2,1-2H3;3H,1,4H2,2H3. The molecule has 0 saturated heterocycles. The predicted molar refractivity (Wildman–Crippen MR) is 452 cm³/mol. The fourth-order valence-corrected chi connectivity index (χ4v) is 5.53. The maximum Gasteiger partial charge on any atom is 0.335 e. The van der Waals surface area contributed by atoms with Crippen molar-refractivity contribution in [2.24, 2.45) is 40.4 Å². The molecule has 2 nitrogen and oxygen atoms in total. The molecule has 0 aromatic heterocycles. The highest BCUT2D eigenvalue weighted by atomic mass is 79.9. The molecule has 0 heterocycles. The van der Waals surface area contributed by atoms with Gasteiger partial charge in [0.25, 0.3) is 0 Å². The van der Waals surface area contributed by atoms with E-state index in [0.29, 0.717) is 16.4 Å². The van der Waals surface area contributed by atoms with E-state index < -0.39 is 5.97 Å². The lowest BCUT2D eigenvalue weighted by Crippen LogP contribution is -2.08. The van der Waals surface area contributed by atoms with E-state index in [1.54, 1.807) is 24.3 Å². The Balaban J connectivity index is -0.000000179. The van der Waals surface area contributed by atoms with Gasteiger partial charge in [-0.1, -0.05) is 437 Å². The topological polar surface area (TPSA) is 37.3 Å². The van der Waals surface area contributed by atoms with E-state index >= 15 is 0 Å². The number of carboxylic acid groups (broad SMARTS) is 1. The summed E-state index contributed by atoms with van der Waals surface area (Å²) in [7, 11) is 0. The van der Waals surface area contributed by atoms with Crippen LogP contribution >= 0.6 is 27.5 Å². The molecule has 9 rings (SSSR count). The maximum atomic E-state index is 10.3. The molecule has 0 spiro atoms. The zero-order valence-corrected chi connectivity index (χ0v) is 70.9. The Morgan fingerprint density at radius 1 is 0.526 bits per heavy atom. The van der Waals surface area contributed by atoms with Crippen molar-refractivity contribution in [2.45, 2.75) is 303 Å². The largest absolute Gasteiger partial charge is 0.478 e. The smallest absolute Gasteiger partial charge is 0.335 e. The average molecular weight is 1420 g/mol. The van der Waals surface area contributed by atoms with Gasteiger partial charge in [0.15, 0.2) is 0 Å². The van der Waals surface area contributed by atoms with Crippen molar-refractivity contribution in [3.8, 4) is 0 Å². The van der Waals surface area contributed by atoms with Crippen LogP contribution < -0.4 is 0 Å². The molecule has 4 heteroatoms. The zero-order valence-electron chi connectivity index (χ0n) is 68.6. The van der Waals surface area contributed by atoms with Crippen LogP contribution in [0.25, 0.3) is 0 Å².